The van der Waals surface area contributed by atoms with Gasteiger partial charge < -0.3 is 13.2 Å². The van der Waals surface area contributed by atoms with Gasteiger partial charge in [0.2, 0.25) is 0 Å². The zero-order valence-corrected chi connectivity index (χ0v) is 8.43. The fourth-order valence-corrected chi connectivity index (χ4v) is 0.0786. The molecule has 8 heavy (non-hydrogen) atoms. The van der Waals surface area contributed by atoms with E-state index in [1.54, 1.807) is 0 Å². The minimum atomic E-state index is 0. The smallest absolute Gasteiger partial charge is 0 e. The molecule has 0 aliphatic rings. The molecule has 0 saturated heterocycles. The summed E-state index contributed by atoms with van der Waals surface area (Å²) in [5.74, 6) is 0. The molecule has 45 valence electrons. The molecule has 0 rings (SSSR count). The van der Waals surface area contributed by atoms with Gasteiger partial charge in [-0.15, -0.1) is 0 Å². The van der Waals surface area contributed by atoms with Gasteiger partial charge in [-0.3, -0.25) is 12.2 Å². The van der Waals surface area contributed by atoms with Crippen LogP contribution in [-0.4, -0.2) is 0 Å². The Morgan fingerprint density at radius 1 is 1.12 bits per heavy atom. The van der Waals surface area contributed by atoms with E-state index in [-0.39, 0.29) is 32.7 Å². The van der Waals surface area contributed by atoms with Gasteiger partial charge in [0, 0.05) is 32.7 Å². The molecular formula is C7H12Y-2. The van der Waals surface area contributed by atoms with Crippen LogP contribution in [0.3, 0.4) is 0 Å². The predicted octanol–water partition coefficient (Wildman–Crippen LogP) is 2.38. The molecule has 0 saturated carbocycles. The third-order valence-electron chi connectivity index (χ3n) is 0.272. The van der Waals surface area contributed by atoms with Crippen molar-refractivity contribution in [3.8, 4) is 0 Å². The molecule has 0 bridgehead atoms. The maximum absolute atomic E-state index is 4.90. The SMILES string of the molecule is CC.[CH-]=CCC=[CH-].[Y]. The summed E-state index contributed by atoms with van der Waals surface area (Å²) in [4.78, 5) is 0. The third-order valence-corrected chi connectivity index (χ3v) is 0.272. The number of allylic oxidation sites excluding steroid dienone is 2. The van der Waals surface area contributed by atoms with E-state index in [0.717, 1.165) is 0 Å². The third kappa shape index (κ3) is 30.7. The summed E-state index contributed by atoms with van der Waals surface area (Å²) < 4.78 is 0. The van der Waals surface area contributed by atoms with Crippen LogP contribution in [0.15, 0.2) is 12.2 Å². The summed E-state index contributed by atoms with van der Waals surface area (Å²) in [5.41, 5.74) is 0. The first kappa shape index (κ1) is 15.8. The molecule has 0 fully saturated rings. The van der Waals surface area contributed by atoms with Crippen molar-refractivity contribution in [3.05, 3.63) is 25.3 Å². The Morgan fingerprint density at radius 2 is 1.38 bits per heavy atom. The van der Waals surface area contributed by atoms with Gasteiger partial charge >= 0.3 is 0 Å². The molecule has 0 aliphatic heterocycles. The van der Waals surface area contributed by atoms with Gasteiger partial charge in [-0.2, -0.15) is 0 Å². The molecule has 0 aromatic carbocycles. The van der Waals surface area contributed by atoms with Crippen molar-refractivity contribution in [2.75, 3.05) is 0 Å². The van der Waals surface area contributed by atoms with E-state index in [2.05, 4.69) is 0 Å². The molecule has 0 N–H and O–H groups in total. The standard InChI is InChI=1S/C5H6.C2H6.Y/c1-3-5-4-2;1-2;/h1-4H,5H2;1-2H3;/q-2;;. The van der Waals surface area contributed by atoms with E-state index in [1.165, 1.54) is 12.2 Å². The first-order chi connectivity index (χ1) is 3.41. The number of rotatable bonds is 2. The van der Waals surface area contributed by atoms with Gasteiger partial charge in [0.1, 0.15) is 0 Å². The summed E-state index contributed by atoms with van der Waals surface area (Å²) >= 11 is 0. The normalized spacial score (nSPS) is 4.75. The first-order valence-electron chi connectivity index (χ1n) is 2.48. The van der Waals surface area contributed by atoms with Crippen LogP contribution in [-0.2, 0) is 32.7 Å². The number of hydrogen-bond acceptors (Lipinski definition) is 0. The van der Waals surface area contributed by atoms with Crippen LogP contribution in [0.5, 0.6) is 0 Å². The van der Waals surface area contributed by atoms with Crippen LogP contribution in [0.2, 0.25) is 0 Å². The van der Waals surface area contributed by atoms with Gasteiger partial charge in [-0.1, -0.05) is 20.3 Å². The van der Waals surface area contributed by atoms with Crippen molar-refractivity contribution >= 4 is 0 Å². The molecule has 0 atom stereocenters. The molecule has 0 aromatic heterocycles. The van der Waals surface area contributed by atoms with Crippen molar-refractivity contribution in [2.24, 2.45) is 0 Å². The van der Waals surface area contributed by atoms with Gasteiger partial charge in [-0.05, 0) is 0 Å². The Bertz CT molecular complexity index is 33.7. The molecule has 0 amide bonds. The van der Waals surface area contributed by atoms with E-state index in [0.29, 0.717) is 6.42 Å². The second-order valence-corrected chi connectivity index (χ2v) is 0.707. The Kier molecular flexibility index (Phi) is 50.7. The van der Waals surface area contributed by atoms with Gasteiger partial charge in [0.05, 0.1) is 0 Å². The van der Waals surface area contributed by atoms with E-state index in [9.17, 15) is 0 Å². The molecule has 1 radical (unpaired) electrons. The zero-order valence-electron chi connectivity index (χ0n) is 5.59. The van der Waals surface area contributed by atoms with Crippen molar-refractivity contribution in [3.63, 3.8) is 0 Å². The molecule has 0 unspecified atom stereocenters. The summed E-state index contributed by atoms with van der Waals surface area (Å²) in [6, 6.07) is 0. The van der Waals surface area contributed by atoms with Crippen molar-refractivity contribution < 1.29 is 32.7 Å². The van der Waals surface area contributed by atoms with Crippen molar-refractivity contribution in [2.45, 2.75) is 20.3 Å². The molecule has 0 nitrogen and oxygen atoms in total. The zero-order chi connectivity index (χ0) is 6.12. The van der Waals surface area contributed by atoms with Crippen LogP contribution < -0.4 is 0 Å². The summed E-state index contributed by atoms with van der Waals surface area (Å²) in [6.45, 7) is 13.8. The van der Waals surface area contributed by atoms with Crippen LogP contribution in [0, 0.1) is 13.2 Å². The maximum Gasteiger partial charge on any atom is 0 e. The maximum atomic E-state index is 4.90. The van der Waals surface area contributed by atoms with E-state index < -0.39 is 0 Å². The molecule has 1 heteroatoms. The van der Waals surface area contributed by atoms with Gasteiger partial charge in [0.25, 0.3) is 0 Å². The quantitative estimate of drug-likeness (QED) is 0.579. The molecule has 0 aliphatic carbocycles. The Balaban J connectivity index is -0.0000000750. The Hall–Kier alpha value is 0.584. The van der Waals surface area contributed by atoms with Crippen LogP contribution in [0.1, 0.15) is 20.3 Å². The van der Waals surface area contributed by atoms with Crippen LogP contribution in [0.25, 0.3) is 0 Å². The van der Waals surface area contributed by atoms with Gasteiger partial charge in [0.15, 0.2) is 0 Å². The minimum Gasteiger partial charge on any atom is -0.518 e. The monoisotopic (exact) mass is 185 g/mol. The summed E-state index contributed by atoms with van der Waals surface area (Å²) in [6.07, 6.45) is 3.69. The summed E-state index contributed by atoms with van der Waals surface area (Å²) in [5, 5.41) is 0. The second kappa shape index (κ2) is 25.6. The minimum absolute atomic E-state index is 0. The second-order valence-electron chi connectivity index (χ2n) is 0.707. The fourth-order valence-electron chi connectivity index (χ4n) is 0.0786. The Morgan fingerprint density at radius 3 is 1.38 bits per heavy atom. The van der Waals surface area contributed by atoms with Crippen molar-refractivity contribution in [1.82, 2.24) is 0 Å². The predicted molar refractivity (Wildman–Crippen MR) is 33.7 cm³/mol. The fraction of sp³-hybridized carbons (Fsp3) is 0.429. The topological polar surface area (TPSA) is 0 Å². The average molecular weight is 185 g/mol. The molecule has 0 aromatic rings. The number of hydrogen-bond donors (Lipinski definition) is 0. The largest absolute Gasteiger partial charge is 0.518 e. The van der Waals surface area contributed by atoms with Crippen LogP contribution >= 0.6 is 0 Å². The van der Waals surface area contributed by atoms with E-state index >= 15 is 0 Å². The first-order valence-corrected chi connectivity index (χ1v) is 2.48. The molecular weight excluding hydrogens is 173 g/mol. The molecule has 0 heterocycles. The van der Waals surface area contributed by atoms with E-state index in [4.69, 9.17) is 13.2 Å². The van der Waals surface area contributed by atoms with E-state index in [1.807, 2.05) is 13.8 Å². The van der Waals surface area contributed by atoms with Crippen LogP contribution in [0.4, 0.5) is 0 Å². The van der Waals surface area contributed by atoms with Gasteiger partial charge in [-0.25, -0.2) is 0 Å². The Labute approximate surface area is 77.9 Å². The summed E-state index contributed by atoms with van der Waals surface area (Å²) in [7, 11) is 0. The average Bonchev–Trinajstić information content (AvgIpc) is 1.75. The molecule has 0 spiro atoms. The van der Waals surface area contributed by atoms with Crippen molar-refractivity contribution in [1.29, 1.82) is 0 Å².